The van der Waals surface area contributed by atoms with E-state index in [4.69, 9.17) is 9.15 Å². The molecule has 3 aromatic rings. The third-order valence-electron chi connectivity index (χ3n) is 3.81. The predicted octanol–water partition coefficient (Wildman–Crippen LogP) is 3.72. The van der Waals surface area contributed by atoms with Crippen molar-refractivity contribution in [2.75, 3.05) is 6.61 Å². The summed E-state index contributed by atoms with van der Waals surface area (Å²) >= 11 is 0. The van der Waals surface area contributed by atoms with Gasteiger partial charge in [0.2, 0.25) is 15.3 Å². The average Bonchev–Trinajstić information content (AvgIpc) is 2.60. The van der Waals surface area contributed by atoms with Crippen LogP contribution in [0.1, 0.15) is 18.9 Å². The maximum absolute atomic E-state index is 12.7. The molecule has 2 aromatic carbocycles. The number of ether oxygens (including phenoxy) is 1. The Morgan fingerprint density at radius 2 is 1.80 bits per heavy atom. The molecule has 0 bridgehead atoms. The number of sulfone groups is 1. The van der Waals surface area contributed by atoms with Crippen molar-refractivity contribution in [1.29, 1.82) is 0 Å². The third-order valence-corrected chi connectivity index (χ3v) is 5.56. The molecule has 0 fully saturated rings. The van der Waals surface area contributed by atoms with Crippen LogP contribution in [0.3, 0.4) is 0 Å². The maximum Gasteiger partial charge on any atom is 0.213 e. The first kappa shape index (κ1) is 17.2. The Morgan fingerprint density at radius 3 is 2.48 bits per heavy atom. The van der Waals surface area contributed by atoms with Crippen molar-refractivity contribution >= 4 is 20.8 Å². The van der Waals surface area contributed by atoms with Gasteiger partial charge in [-0.2, -0.15) is 0 Å². The van der Waals surface area contributed by atoms with Gasteiger partial charge in [0.15, 0.2) is 4.90 Å². The Morgan fingerprint density at radius 1 is 1.08 bits per heavy atom. The van der Waals surface area contributed by atoms with Crippen molar-refractivity contribution < 1.29 is 17.6 Å². The van der Waals surface area contributed by atoms with Crippen LogP contribution in [0.4, 0.5) is 0 Å². The fourth-order valence-corrected chi connectivity index (χ4v) is 3.71. The second-order valence-electron chi connectivity index (χ2n) is 5.75. The van der Waals surface area contributed by atoms with Crippen molar-refractivity contribution in [3.05, 3.63) is 64.5 Å². The van der Waals surface area contributed by atoms with Gasteiger partial charge in [0.25, 0.3) is 0 Å². The number of fused-ring (bicyclic) bond motifs is 1. The predicted molar refractivity (Wildman–Crippen MR) is 94.9 cm³/mol. The topological polar surface area (TPSA) is 73.6 Å². The van der Waals surface area contributed by atoms with E-state index in [-0.39, 0.29) is 15.2 Å². The highest BCUT2D eigenvalue weighted by Gasteiger charge is 2.23. The standard InChI is InChI=1S/C19H18O5S/c1-3-10-23-14-6-9-16-17(11-14)24-12-18(19(16)20)25(21,22)15-7-4-13(2)5-8-15/h4-9,11-12H,3,10H2,1-2H3. The van der Waals surface area contributed by atoms with E-state index >= 15 is 0 Å². The summed E-state index contributed by atoms with van der Waals surface area (Å²) < 4.78 is 36.4. The van der Waals surface area contributed by atoms with Crippen molar-refractivity contribution in [1.82, 2.24) is 0 Å². The summed E-state index contributed by atoms with van der Waals surface area (Å²) in [5.41, 5.74) is 0.648. The summed E-state index contributed by atoms with van der Waals surface area (Å²) in [4.78, 5) is 12.4. The van der Waals surface area contributed by atoms with Crippen LogP contribution in [0.5, 0.6) is 5.75 Å². The molecule has 5 nitrogen and oxygen atoms in total. The minimum atomic E-state index is -3.94. The maximum atomic E-state index is 12.7. The molecule has 0 aliphatic heterocycles. The Labute approximate surface area is 145 Å². The molecule has 0 N–H and O–H groups in total. The summed E-state index contributed by atoms with van der Waals surface area (Å²) in [6.07, 6.45) is 1.86. The average molecular weight is 358 g/mol. The smallest absolute Gasteiger partial charge is 0.213 e. The molecule has 0 atom stereocenters. The molecule has 0 aliphatic carbocycles. The number of rotatable bonds is 5. The summed E-state index contributed by atoms with van der Waals surface area (Å²) in [7, 11) is -3.94. The number of benzene rings is 2. The van der Waals surface area contributed by atoms with E-state index in [0.29, 0.717) is 17.9 Å². The van der Waals surface area contributed by atoms with E-state index in [9.17, 15) is 13.2 Å². The van der Waals surface area contributed by atoms with Crippen LogP contribution < -0.4 is 10.2 Å². The van der Waals surface area contributed by atoms with Crippen LogP contribution in [0, 0.1) is 6.92 Å². The zero-order valence-corrected chi connectivity index (χ0v) is 14.8. The van der Waals surface area contributed by atoms with Crippen molar-refractivity contribution in [2.24, 2.45) is 0 Å². The Bertz CT molecular complexity index is 1060. The van der Waals surface area contributed by atoms with E-state index < -0.39 is 15.3 Å². The lowest BCUT2D eigenvalue weighted by molar-refractivity contribution is 0.317. The van der Waals surface area contributed by atoms with Gasteiger partial charge in [0.1, 0.15) is 17.6 Å². The minimum Gasteiger partial charge on any atom is -0.493 e. The fraction of sp³-hybridized carbons (Fsp3) is 0.211. The van der Waals surface area contributed by atoms with Crippen LogP contribution in [0.15, 0.2) is 67.7 Å². The SMILES string of the molecule is CCCOc1ccc2c(=O)c(S(=O)(=O)c3ccc(C)cc3)coc2c1. The molecule has 0 spiro atoms. The lowest BCUT2D eigenvalue weighted by atomic mass is 10.2. The second kappa shape index (κ2) is 6.72. The van der Waals surface area contributed by atoms with Crippen molar-refractivity contribution in [3.8, 4) is 5.75 Å². The molecule has 6 heteroatoms. The van der Waals surface area contributed by atoms with Crippen molar-refractivity contribution in [2.45, 2.75) is 30.1 Å². The molecule has 0 aliphatic rings. The number of aryl methyl sites for hydroxylation is 1. The summed E-state index contributed by atoms with van der Waals surface area (Å²) in [6, 6.07) is 11.1. The van der Waals surface area contributed by atoms with E-state index in [2.05, 4.69) is 0 Å². The quantitative estimate of drug-likeness (QED) is 0.695. The minimum absolute atomic E-state index is 0.0626. The van der Waals surface area contributed by atoms with Gasteiger partial charge in [0.05, 0.1) is 16.9 Å². The fourth-order valence-electron chi connectivity index (χ4n) is 2.43. The number of hydrogen-bond donors (Lipinski definition) is 0. The largest absolute Gasteiger partial charge is 0.493 e. The second-order valence-corrected chi connectivity index (χ2v) is 7.67. The molecule has 25 heavy (non-hydrogen) atoms. The van der Waals surface area contributed by atoms with Crippen LogP contribution in [0.25, 0.3) is 11.0 Å². The van der Waals surface area contributed by atoms with Gasteiger partial charge in [-0.3, -0.25) is 4.79 Å². The zero-order valence-electron chi connectivity index (χ0n) is 14.0. The molecule has 0 amide bonds. The van der Waals surface area contributed by atoms with E-state index in [0.717, 1.165) is 18.2 Å². The molecule has 130 valence electrons. The molecule has 0 saturated heterocycles. The molecule has 0 radical (unpaired) electrons. The molecular formula is C19H18O5S. The Balaban J connectivity index is 2.10. The first-order valence-electron chi connectivity index (χ1n) is 7.93. The zero-order chi connectivity index (χ0) is 18.0. The highest BCUT2D eigenvalue weighted by Crippen LogP contribution is 2.23. The van der Waals surface area contributed by atoms with Crippen molar-refractivity contribution in [3.63, 3.8) is 0 Å². The van der Waals surface area contributed by atoms with Gasteiger partial charge in [0, 0.05) is 6.07 Å². The molecule has 1 aromatic heterocycles. The third kappa shape index (κ3) is 3.30. The van der Waals surface area contributed by atoms with Crippen LogP contribution in [-0.4, -0.2) is 15.0 Å². The molecule has 1 heterocycles. The van der Waals surface area contributed by atoms with E-state index in [1.807, 2.05) is 13.8 Å². The highest BCUT2D eigenvalue weighted by molar-refractivity contribution is 7.91. The van der Waals surface area contributed by atoms with Crippen LogP contribution in [0.2, 0.25) is 0 Å². The Kier molecular flexibility index (Phi) is 4.63. The van der Waals surface area contributed by atoms with Gasteiger partial charge in [-0.05, 0) is 37.6 Å². The molecule has 3 rings (SSSR count). The van der Waals surface area contributed by atoms with Gasteiger partial charge < -0.3 is 9.15 Å². The van der Waals surface area contributed by atoms with Gasteiger partial charge >= 0.3 is 0 Å². The van der Waals surface area contributed by atoms with Gasteiger partial charge in [-0.15, -0.1) is 0 Å². The first-order chi connectivity index (χ1) is 11.9. The van der Waals surface area contributed by atoms with E-state index in [1.165, 1.54) is 18.2 Å². The molecule has 0 unspecified atom stereocenters. The summed E-state index contributed by atoms with van der Waals surface area (Å²) in [5.74, 6) is 0.576. The van der Waals surface area contributed by atoms with Gasteiger partial charge in [-0.25, -0.2) is 8.42 Å². The Hall–Kier alpha value is -2.60. The monoisotopic (exact) mass is 358 g/mol. The molecular weight excluding hydrogens is 340 g/mol. The normalized spacial score (nSPS) is 11.6. The lowest BCUT2D eigenvalue weighted by Crippen LogP contribution is -2.15. The highest BCUT2D eigenvalue weighted by atomic mass is 32.2. The van der Waals surface area contributed by atoms with E-state index in [1.54, 1.807) is 24.3 Å². The van der Waals surface area contributed by atoms with Gasteiger partial charge in [-0.1, -0.05) is 24.6 Å². The summed E-state index contributed by atoms with van der Waals surface area (Å²) in [6.45, 7) is 4.40. The van der Waals surface area contributed by atoms with Crippen LogP contribution in [-0.2, 0) is 9.84 Å². The first-order valence-corrected chi connectivity index (χ1v) is 9.42. The summed E-state index contributed by atoms with van der Waals surface area (Å²) in [5, 5.41) is 0.206. The molecule has 0 saturated carbocycles. The lowest BCUT2D eigenvalue weighted by Gasteiger charge is -2.07. The van der Waals surface area contributed by atoms with Crippen LogP contribution >= 0.6 is 0 Å². The number of hydrogen-bond acceptors (Lipinski definition) is 5.